The highest BCUT2D eigenvalue weighted by atomic mass is 16.2. The molecule has 1 N–H and O–H groups in total. The minimum atomic E-state index is -0.278. The summed E-state index contributed by atoms with van der Waals surface area (Å²) in [5, 5.41) is 8.95. The zero-order chi connectivity index (χ0) is 17.3. The van der Waals surface area contributed by atoms with Crippen LogP contribution in [0.5, 0.6) is 0 Å². The van der Waals surface area contributed by atoms with Gasteiger partial charge in [0.2, 0.25) is 5.91 Å². The highest BCUT2D eigenvalue weighted by Gasteiger charge is 2.51. The first kappa shape index (κ1) is 18.2. The number of rotatable bonds is 7. The van der Waals surface area contributed by atoms with Gasteiger partial charge >= 0.3 is 0 Å². The predicted molar refractivity (Wildman–Crippen MR) is 97.6 cm³/mol. The molecule has 0 spiro atoms. The molecule has 4 aliphatic carbocycles. The van der Waals surface area contributed by atoms with Gasteiger partial charge in [0, 0.05) is 24.6 Å². The van der Waals surface area contributed by atoms with Crippen LogP contribution in [0.1, 0.15) is 78.6 Å². The summed E-state index contributed by atoms with van der Waals surface area (Å²) in [6.07, 6.45) is 11.1. The number of carbonyl (C=O) groups is 1. The number of aliphatic hydroxyl groups excluding tert-OH is 1. The van der Waals surface area contributed by atoms with Gasteiger partial charge in [-0.05, 0) is 68.6 Å². The van der Waals surface area contributed by atoms with E-state index in [-0.39, 0.29) is 5.41 Å². The van der Waals surface area contributed by atoms with Crippen molar-refractivity contribution in [2.75, 3.05) is 13.2 Å². The van der Waals surface area contributed by atoms with E-state index in [4.69, 9.17) is 5.11 Å². The average molecular weight is 336 g/mol. The molecule has 24 heavy (non-hydrogen) atoms. The lowest BCUT2D eigenvalue weighted by atomic mass is 9.53. The predicted octanol–water partition coefficient (Wildman–Crippen LogP) is 4.24. The van der Waals surface area contributed by atoms with Gasteiger partial charge in [-0.25, -0.2) is 0 Å². The molecule has 4 saturated carbocycles. The summed E-state index contributed by atoms with van der Waals surface area (Å²) in [4.78, 5) is 15.5. The van der Waals surface area contributed by atoms with Crippen molar-refractivity contribution >= 4 is 5.91 Å². The van der Waals surface area contributed by atoms with E-state index < -0.39 is 0 Å². The van der Waals surface area contributed by atoms with Crippen molar-refractivity contribution in [2.45, 2.75) is 84.6 Å². The topological polar surface area (TPSA) is 40.5 Å². The smallest absolute Gasteiger partial charge is 0.228 e. The van der Waals surface area contributed by atoms with Gasteiger partial charge in [0.05, 0.1) is 0 Å². The Hall–Kier alpha value is -0.570. The van der Waals surface area contributed by atoms with Gasteiger partial charge in [0.1, 0.15) is 0 Å². The lowest BCUT2D eigenvalue weighted by Crippen LogP contribution is -2.59. The molecule has 1 amide bonds. The molecule has 0 unspecified atom stereocenters. The van der Waals surface area contributed by atoms with E-state index in [0.29, 0.717) is 18.6 Å². The van der Waals surface area contributed by atoms with E-state index in [1.807, 2.05) is 0 Å². The molecule has 0 aliphatic heterocycles. The third kappa shape index (κ3) is 3.81. The van der Waals surface area contributed by atoms with E-state index >= 15 is 0 Å². The van der Waals surface area contributed by atoms with Crippen LogP contribution in [0.25, 0.3) is 0 Å². The van der Waals surface area contributed by atoms with E-state index in [2.05, 4.69) is 25.7 Å². The molecule has 0 saturated heterocycles. The van der Waals surface area contributed by atoms with Crippen LogP contribution in [0.3, 0.4) is 0 Å². The highest BCUT2D eigenvalue weighted by Crippen LogP contribution is 2.55. The molecule has 3 nitrogen and oxygen atoms in total. The van der Waals surface area contributed by atoms with Crippen LogP contribution in [-0.2, 0) is 4.79 Å². The van der Waals surface area contributed by atoms with Crippen LogP contribution >= 0.6 is 0 Å². The molecule has 0 heterocycles. The number of amides is 1. The Kier molecular flexibility index (Phi) is 5.58. The van der Waals surface area contributed by atoms with Crippen LogP contribution in [-0.4, -0.2) is 35.1 Å². The fourth-order valence-electron chi connectivity index (χ4n) is 5.97. The molecule has 0 aromatic carbocycles. The monoisotopic (exact) mass is 335 g/mol. The van der Waals surface area contributed by atoms with Crippen LogP contribution in [0, 0.1) is 29.1 Å². The Balaban J connectivity index is 1.68. The first-order valence-electron chi connectivity index (χ1n) is 10.3. The van der Waals surface area contributed by atoms with Crippen molar-refractivity contribution in [3.63, 3.8) is 0 Å². The summed E-state index contributed by atoms with van der Waals surface area (Å²) in [5.41, 5.74) is -0.278. The van der Waals surface area contributed by atoms with Crippen LogP contribution in [0.2, 0.25) is 0 Å². The van der Waals surface area contributed by atoms with E-state index in [1.54, 1.807) is 0 Å². The van der Waals surface area contributed by atoms with Crippen molar-refractivity contribution in [2.24, 2.45) is 29.1 Å². The standard InChI is InChI=1S/C21H37NO2/c1-21(2,3)20(24)22(8-6-4-5-7-9-23)19-17-11-15-10-16(13-17)14-18(19)12-15/h15-19,23H,4-14H2,1-3H3. The third-order valence-electron chi connectivity index (χ3n) is 6.75. The van der Waals surface area contributed by atoms with E-state index in [0.717, 1.165) is 55.9 Å². The minimum absolute atomic E-state index is 0.278. The molecule has 3 heteroatoms. The number of hydrogen-bond donors (Lipinski definition) is 1. The van der Waals surface area contributed by atoms with Gasteiger partial charge in [-0.2, -0.15) is 0 Å². The van der Waals surface area contributed by atoms with Crippen molar-refractivity contribution in [3.8, 4) is 0 Å². The molecule has 0 atom stereocenters. The summed E-state index contributed by atoms with van der Waals surface area (Å²) in [6, 6.07) is 0.516. The van der Waals surface area contributed by atoms with Crippen molar-refractivity contribution in [3.05, 3.63) is 0 Å². The Labute approximate surface area is 148 Å². The first-order chi connectivity index (χ1) is 11.4. The number of unbranched alkanes of at least 4 members (excludes halogenated alkanes) is 3. The second-order valence-electron chi connectivity index (χ2n) is 9.81. The molecule has 0 radical (unpaired) electrons. The van der Waals surface area contributed by atoms with Crippen LogP contribution in [0.15, 0.2) is 0 Å². The molecule has 0 aromatic heterocycles. The van der Waals surface area contributed by atoms with Crippen molar-refractivity contribution in [1.29, 1.82) is 0 Å². The summed E-state index contributed by atoms with van der Waals surface area (Å²) >= 11 is 0. The van der Waals surface area contributed by atoms with E-state index in [1.165, 1.54) is 32.1 Å². The molecular weight excluding hydrogens is 298 g/mol. The van der Waals surface area contributed by atoms with Gasteiger partial charge in [0.25, 0.3) is 0 Å². The first-order valence-corrected chi connectivity index (χ1v) is 10.3. The Morgan fingerprint density at radius 3 is 1.96 bits per heavy atom. The van der Waals surface area contributed by atoms with Crippen molar-refractivity contribution in [1.82, 2.24) is 4.90 Å². The second kappa shape index (κ2) is 7.35. The van der Waals surface area contributed by atoms with Gasteiger partial charge in [0.15, 0.2) is 0 Å². The zero-order valence-corrected chi connectivity index (χ0v) is 16.0. The SMILES string of the molecule is CC(C)(C)C(=O)N(CCCCCCO)C1C2CC3CC(C2)CC1C3. The summed E-state index contributed by atoms with van der Waals surface area (Å²) < 4.78 is 0. The Morgan fingerprint density at radius 1 is 0.917 bits per heavy atom. The van der Waals surface area contributed by atoms with Crippen LogP contribution < -0.4 is 0 Å². The number of carbonyl (C=O) groups excluding carboxylic acids is 1. The quantitative estimate of drug-likeness (QED) is 0.707. The Bertz CT molecular complexity index is 412. The average Bonchev–Trinajstić information content (AvgIpc) is 2.50. The largest absolute Gasteiger partial charge is 0.396 e. The molecule has 4 aliphatic rings. The third-order valence-corrected chi connectivity index (χ3v) is 6.75. The lowest BCUT2D eigenvalue weighted by Gasteiger charge is -2.57. The van der Waals surface area contributed by atoms with E-state index in [9.17, 15) is 4.79 Å². The van der Waals surface area contributed by atoms with Gasteiger partial charge in [-0.1, -0.05) is 33.6 Å². The molecule has 4 fully saturated rings. The van der Waals surface area contributed by atoms with Gasteiger partial charge in [-0.3, -0.25) is 4.79 Å². The lowest BCUT2D eigenvalue weighted by molar-refractivity contribution is -0.152. The summed E-state index contributed by atoms with van der Waals surface area (Å²) in [6.45, 7) is 7.44. The summed E-state index contributed by atoms with van der Waals surface area (Å²) in [5.74, 6) is 3.82. The maximum Gasteiger partial charge on any atom is 0.228 e. The highest BCUT2D eigenvalue weighted by molar-refractivity contribution is 5.82. The zero-order valence-electron chi connectivity index (χ0n) is 16.0. The summed E-state index contributed by atoms with van der Waals surface area (Å²) in [7, 11) is 0. The minimum Gasteiger partial charge on any atom is -0.396 e. The second-order valence-corrected chi connectivity index (χ2v) is 9.81. The molecule has 4 bridgehead atoms. The van der Waals surface area contributed by atoms with Crippen LogP contribution in [0.4, 0.5) is 0 Å². The number of aliphatic hydroxyl groups is 1. The molecule has 138 valence electrons. The van der Waals surface area contributed by atoms with Gasteiger partial charge in [-0.15, -0.1) is 0 Å². The number of hydrogen-bond acceptors (Lipinski definition) is 2. The van der Waals surface area contributed by atoms with Crippen molar-refractivity contribution < 1.29 is 9.90 Å². The van der Waals surface area contributed by atoms with Gasteiger partial charge < -0.3 is 10.0 Å². The maximum atomic E-state index is 13.2. The molecule has 0 aromatic rings. The molecule has 4 rings (SSSR count). The fraction of sp³-hybridized carbons (Fsp3) is 0.952. The number of nitrogens with zero attached hydrogens (tertiary/aromatic N) is 1. The molecular formula is C21H37NO2. The fourth-order valence-corrected chi connectivity index (χ4v) is 5.97. The Morgan fingerprint density at radius 2 is 1.46 bits per heavy atom. The maximum absolute atomic E-state index is 13.2. The normalized spacial score (nSPS) is 34.6.